The van der Waals surface area contributed by atoms with Gasteiger partial charge in [-0.1, -0.05) is 13.8 Å². The standard InChI is InChI=1S/C21H31NO8/c1-4-27-21(11(2)3)30-20(25)16-12-9-13-15(16)19(24)29-18(13)17(12)28-14(23)10-22-5-7-26-8-6-22/h11-13,15-18,21H,4-10H2,1-3H3. The summed E-state index contributed by atoms with van der Waals surface area (Å²) in [5.41, 5.74) is 0. The van der Waals surface area contributed by atoms with Crippen LogP contribution in [0.3, 0.4) is 0 Å². The van der Waals surface area contributed by atoms with Crippen LogP contribution < -0.4 is 0 Å². The summed E-state index contributed by atoms with van der Waals surface area (Å²) < 4.78 is 27.8. The molecule has 2 saturated carbocycles. The fourth-order valence-corrected chi connectivity index (χ4v) is 5.32. The molecule has 4 rings (SSSR count). The SMILES string of the molecule is CCOC(OC(=O)C1C2CC3C(OC(=O)C31)C2OC(=O)CN1CCOCC1)C(C)C. The first-order valence-corrected chi connectivity index (χ1v) is 10.9. The van der Waals surface area contributed by atoms with Gasteiger partial charge in [0.25, 0.3) is 0 Å². The van der Waals surface area contributed by atoms with Crippen LogP contribution in [0.4, 0.5) is 0 Å². The van der Waals surface area contributed by atoms with Crippen molar-refractivity contribution in [2.75, 3.05) is 39.5 Å². The summed E-state index contributed by atoms with van der Waals surface area (Å²) in [5.74, 6) is -2.80. The summed E-state index contributed by atoms with van der Waals surface area (Å²) in [5, 5.41) is 0. The maximum absolute atomic E-state index is 13.0. The molecular formula is C21H31NO8. The van der Waals surface area contributed by atoms with Crippen LogP contribution in [0.15, 0.2) is 0 Å². The molecule has 4 aliphatic rings. The van der Waals surface area contributed by atoms with Crippen molar-refractivity contribution in [3.8, 4) is 0 Å². The maximum Gasteiger partial charge on any atom is 0.320 e. The van der Waals surface area contributed by atoms with Crippen LogP contribution in [0.1, 0.15) is 27.2 Å². The highest BCUT2D eigenvalue weighted by atomic mass is 16.7. The Hall–Kier alpha value is -1.71. The van der Waals surface area contributed by atoms with Crippen molar-refractivity contribution < 1.29 is 38.1 Å². The number of nitrogens with zero attached hydrogens (tertiary/aromatic N) is 1. The van der Waals surface area contributed by atoms with Crippen LogP contribution in [-0.4, -0.2) is 80.8 Å². The summed E-state index contributed by atoms with van der Waals surface area (Å²) in [7, 11) is 0. The molecule has 0 aromatic rings. The second-order valence-corrected chi connectivity index (χ2v) is 8.86. The van der Waals surface area contributed by atoms with Crippen LogP contribution in [0.2, 0.25) is 0 Å². The predicted molar refractivity (Wildman–Crippen MR) is 102 cm³/mol. The zero-order valence-electron chi connectivity index (χ0n) is 17.8. The Morgan fingerprint density at radius 2 is 1.93 bits per heavy atom. The third-order valence-electron chi connectivity index (χ3n) is 6.65. The zero-order chi connectivity index (χ0) is 21.4. The number of carbonyl (C=O) groups excluding carboxylic acids is 3. The summed E-state index contributed by atoms with van der Waals surface area (Å²) in [4.78, 5) is 40.0. The van der Waals surface area contributed by atoms with E-state index in [1.54, 1.807) is 0 Å². The highest BCUT2D eigenvalue weighted by Crippen LogP contribution is 2.59. The number of fused-ring (bicyclic) bond motifs is 1. The molecule has 0 N–H and O–H groups in total. The largest absolute Gasteiger partial charge is 0.458 e. The van der Waals surface area contributed by atoms with Gasteiger partial charge in [0.05, 0.1) is 31.6 Å². The molecule has 30 heavy (non-hydrogen) atoms. The minimum atomic E-state index is -0.669. The highest BCUT2D eigenvalue weighted by Gasteiger charge is 2.70. The smallest absolute Gasteiger partial charge is 0.320 e. The van der Waals surface area contributed by atoms with Crippen molar-refractivity contribution >= 4 is 17.9 Å². The molecule has 0 amide bonds. The molecule has 7 unspecified atom stereocenters. The van der Waals surface area contributed by atoms with Crippen LogP contribution >= 0.6 is 0 Å². The fourth-order valence-electron chi connectivity index (χ4n) is 5.32. The van der Waals surface area contributed by atoms with Crippen molar-refractivity contribution in [2.45, 2.75) is 45.7 Å². The lowest BCUT2D eigenvalue weighted by Crippen LogP contribution is -2.46. The van der Waals surface area contributed by atoms with Gasteiger partial charge in [-0.25, -0.2) is 0 Å². The van der Waals surface area contributed by atoms with Gasteiger partial charge >= 0.3 is 17.9 Å². The van der Waals surface area contributed by atoms with E-state index in [2.05, 4.69) is 0 Å². The predicted octanol–water partition coefficient (Wildman–Crippen LogP) is 0.600. The van der Waals surface area contributed by atoms with E-state index in [0.29, 0.717) is 39.3 Å². The maximum atomic E-state index is 13.0. The van der Waals surface area contributed by atoms with Crippen molar-refractivity contribution in [1.82, 2.24) is 4.90 Å². The topological polar surface area (TPSA) is 101 Å². The van der Waals surface area contributed by atoms with Gasteiger partial charge in [-0.15, -0.1) is 0 Å². The van der Waals surface area contributed by atoms with Gasteiger partial charge < -0.3 is 23.7 Å². The lowest BCUT2D eigenvalue weighted by molar-refractivity contribution is -0.197. The summed E-state index contributed by atoms with van der Waals surface area (Å²) in [6, 6.07) is 0. The van der Waals surface area contributed by atoms with Crippen LogP contribution in [0, 0.1) is 29.6 Å². The Balaban J connectivity index is 1.43. The van der Waals surface area contributed by atoms with E-state index in [0.717, 1.165) is 0 Å². The van der Waals surface area contributed by atoms with Crippen molar-refractivity contribution in [2.24, 2.45) is 29.6 Å². The molecule has 9 nitrogen and oxygen atoms in total. The summed E-state index contributed by atoms with van der Waals surface area (Å²) >= 11 is 0. The van der Waals surface area contributed by atoms with E-state index in [4.69, 9.17) is 23.7 Å². The van der Waals surface area contributed by atoms with E-state index in [1.807, 2.05) is 25.7 Å². The molecule has 2 aliphatic heterocycles. The van der Waals surface area contributed by atoms with Gasteiger partial charge in [0, 0.05) is 37.5 Å². The number of ether oxygens (including phenoxy) is 5. The van der Waals surface area contributed by atoms with Gasteiger partial charge in [0.2, 0.25) is 6.29 Å². The number of morpholine rings is 1. The number of hydrogen-bond acceptors (Lipinski definition) is 9. The molecule has 4 fully saturated rings. The van der Waals surface area contributed by atoms with Gasteiger partial charge in [0.1, 0.15) is 12.2 Å². The number of carbonyl (C=O) groups is 3. The van der Waals surface area contributed by atoms with Crippen LogP contribution in [-0.2, 0) is 38.1 Å². The monoisotopic (exact) mass is 425 g/mol. The number of hydrogen-bond donors (Lipinski definition) is 0. The van der Waals surface area contributed by atoms with Gasteiger partial charge in [-0.3, -0.25) is 19.3 Å². The van der Waals surface area contributed by atoms with E-state index in [1.165, 1.54) is 0 Å². The highest BCUT2D eigenvalue weighted by molar-refractivity contribution is 5.86. The molecule has 0 spiro atoms. The van der Waals surface area contributed by atoms with Crippen molar-refractivity contribution in [1.29, 1.82) is 0 Å². The molecule has 7 atom stereocenters. The molecule has 168 valence electrons. The third kappa shape index (κ3) is 3.94. The Bertz CT molecular complexity index is 676. The normalized spacial score (nSPS) is 36.1. The first-order valence-electron chi connectivity index (χ1n) is 10.9. The molecule has 2 bridgehead atoms. The molecular weight excluding hydrogens is 394 g/mol. The Kier molecular flexibility index (Phi) is 6.31. The van der Waals surface area contributed by atoms with Crippen molar-refractivity contribution in [3.63, 3.8) is 0 Å². The van der Waals surface area contributed by atoms with Gasteiger partial charge in [0.15, 0.2) is 0 Å². The second kappa shape index (κ2) is 8.80. The Morgan fingerprint density at radius 1 is 1.20 bits per heavy atom. The average molecular weight is 425 g/mol. The van der Waals surface area contributed by atoms with E-state index in [-0.39, 0.29) is 30.3 Å². The Labute approximate surface area is 176 Å². The second-order valence-electron chi connectivity index (χ2n) is 8.86. The molecule has 2 saturated heterocycles. The molecule has 0 aromatic carbocycles. The van der Waals surface area contributed by atoms with E-state index < -0.39 is 42.3 Å². The first kappa shape index (κ1) is 21.5. The summed E-state index contributed by atoms with van der Waals surface area (Å²) in [6.45, 7) is 8.77. The first-order chi connectivity index (χ1) is 14.4. The lowest BCUT2D eigenvalue weighted by Gasteiger charge is -2.32. The molecule has 9 heteroatoms. The fraction of sp³-hybridized carbons (Fsp3) is 0.857. The third-order valence-corrected chi connectivity index (χ3v) is 6.65. The minimum Gasteiger partial charge on any atom is -0.458 e. The average Bonchev–Trinajstić information content (AvgIpc) is 3.32. The molecule has 0 aromatic heterocycles. The zero-order valence-corrected chi connectivity index (χ0v) is 17.8. The van der Waals surface area contributed by atoms with E-state index in [9.17, 15) is 14.4 Å². The Morgan fingerprint density at radius 3 is 2.60 bits per heavy atom. The van der Waals surface area contributed by atoms with Gasteiger partial charge in [-0.2, -0.15) is 0 Å². The molecule has 0 radical (unpaired) electrons. The quantitative estimate of drug-likeness (QED) is 0.314. The van der Waals surface area contributed by atoms with Gasteiger partial charge in [-0.05, 0) is 13.3 Å². The van der Waals surface area contributed by atoms with Crippen molar-refractivity contribution in [3.05, 3.63) is 0 Å². The minimum absolute atomic E-state index is 0.0158. The van der Waals surface area contributed by atoms with Crippen LogP contribution in [0.5, 0.6) is 0 Å². The molecule has 2 heterocycles. The number of rotatable bonds is 8. The number of esters is 3. The molecule has 2 aliphatic carbocycles. The summed E-state index contributed by atoms with van der Waals surface area (Å²) in [6.07, 6.45) is -1.11. The lowest BCUT2D eigenvalue weighted by atomic mass is 9.78. The van der Waals surface area contributed by atoms with E-state index >= 15 is 0 Å². The van der Waals surface area contributed by atoms with Crippen LogP contribution in [0.25, 0.3) is 0 Å².